The molecular weight excluding hydrogens is 420 g/mol. The van der Waals surface area contributed by atoms with Gasteiger partial charge in [0.05, 0.1) is 6.61 Å². The molecule has 0 bridgehead atoms. The van der Waals surface area contributed by atoms with Crippen LogP contribution in [0.3, 0.4) is 0 Å². The third-order valence-electron chi connectivity index (χ3n) is 3.15. The van der Waals surface area contributed by atoms with Crippen molar-refractivity contribution in [2.24, 2.45) is 5.16 Å². The number of hydrogen-bond acceptors (Lipinski definition) is 4. The molecule has 0 saturated carbocycles. The van der Waals surface area contributed by atoms with E-state index in [9.17, 15) is 0 Å². The summed E-state index contributed by atoms with van der Waals surface area (Å²) in [5.41, 5.74) is 2.06. The van der Waals surface area contributed by atoms with Crippen molar-refractivity contribution in [3.05, 3.63) is 44.4 Å². The molecule has 1 aromatic rings. The molecule has 0 unspecified atom stereocenters. The minimum Gasteiger partial charge on any atom is -0.493 e. The zero-order valence-electron chi connectivity index (χ0n) is 14.6. The average molecular weight is 441 g/mol. The van der Waals surface area contributed by atoms with E-state index >= 15 is 0 Å². The van der Waals surface area contributed by atoms with Gasteiger partial charge in [0, 0.05) is 12.6 Å². The number of ether oxygens (including phenoxy) is 2. The Morgan fingerprint density at radius 2 is 1.73 bits per heavy atom. The number of rotatable bonds is 11. The van der Waals surface area contributed by atoms with Crippen molar-refractivity contribution in [3.8, 4) is 11.5 Å². The number of hydrogen-bond donors (Lipinski definition) is 0. The second kappa shape index (κ2) is 13.2. The molecule has 0 N–H and O–H groups in total. The standard InChI is InChI=1S/C18H21Cl4NO3/c1-3-14-12-15(24-9-5-16(19)20)11-13(2)18(14)25-8-4-7-23-26-10-6-17(21)22/h5-7,11-12H,3-4,8-10H2,1-2H3. The maximum absolute atomic E-state index is 5.89. The summed E-state index contributed by atoms with van der Waals surface area (Å²) in [4.78, 5) is 4.96. The molecule has 0 amide bonds. The van der Waals surface area contributed by atoms with E-state index in [1.807, 2.05) is 19.1 Å². The predicted octanol–water partition coefficient (Wildman–Crippen LogP) is 6.35. The van der Waals surface area contributed by atoms with Crippen LogP contribution in [0.4, 0.5) is 0 Å². The van der Waals surface area contributed by atoms with E-state index in [1.54, 1.807) is 12.3 Å². The number of halogens is 4. The predicted molar refractivity (Wildman–Crippen MR) is 110 cm³/mol. The first kappa shape index (κ1) is 23.0. The second-order valence-corrected chi connectivity index (χ2v) is 7.12. The van der Waals surface area contributed by atoms with E-state index in [1.165, 1.54) is 6.08 Å². The van der Waals surface area contributed by atoms with Crippen LogP contribution >= 0.6 is 46.4 Å². The molecule has 0 aliphatic rings. The van der Waals surface area contributed by atoms with Crippen molar-refractivity contribution in [1.29, 1.82) is 0 Å². The van der Waals surface area contributed by atoms with Crippen LogP contribution in [0.5, 0.6) is 11.5 Å². The largest absolute Gasteiger partial charge is 0.493 e. The van der Waals surface area contributed by atoms with Crippen LogP contribution < -0.4 is 9.47 Å². The summed E-state index contributed by atoms with van der Waals surface area (Å²) in [5.74, 6) is 1.61. The number of aryl methyl sites for hydroxylation is 2. The Kier molecular flexibility index (Phi) is 11.6. The zero-order chi connectivity index (χ0) is 19.4. The Hall–Kier alpha value is -1.07. The summed E-state index contributed by atoms with van der Waals surface area (Å²) >= 11 is 22.1. The van der Waals surface area contributed by atoms with Gasteiger partial charge in [-0.2, -0.15) is 0 Å². The SMILES string of the molecule is CCc1cc(OCC=C(Cl)Cl)cc(C)c1OCCC=NOCC=C(Cl)Cl. The highest BCUT2D eigenvalue weighted by atomic mass is 35.5. The third-order valence-corrected chi connectivity index (χ3v) is 3.77. The third kappa shape index (κ3) is 9.58. The van der Waals surface area contributed by atoms with E-state index in [2.05, 4.69) is 12.1 Å². The topological polar surface area (TPSA) is 40.0 Å². The molecule has 0 aromatic heterocycles. The molecule has 26 heavy (non-hydrogen) atoms. The fraction of sp³-hybridized carbons (Fsp3) is 0.389. The van der Waals surface area contributed by atoms with Gasteiger partial charge < -0.3 is 14.3 Å². The van der Waals surface area contributed by atoms with Crippen molar-refractivity contribution in [2.75, 3.05) is 19.8 Å². The summed E-state index contributed by atoms with van der Waals surface area (Å²) in [5, 5.41) is 3.79. The molecule has 0 spiro atoms. The summed E-state index contributed by atoms with van der Waals surface area (Å²) in [6, 6.07) is 3.88. The molecule has 0 aliphatic carbocycles. The molecule has 144 valence electrons. The van der Waals surface area contributed by atoms with Crippen molar-refractivity contribution < 1.29 is 14.3 Å². The van der Waals surface area contributed by atoms with Gasteiger partial charge in [-0.05, 0) is 48.8 Å². The summed E-state index contributed by atoms with van der Waals surface area (Å²) in [6.45, 7) is 5.06. The average Bonchev–Trinajstić information content (AvgIpc) is 2.57. The van der Waals surface area contributed by atoms with Gasteiger partial charge >= 0.3 is 0 Å². The van der Waals surface area contributed by atoms with E-state index in [0.717, 1.165) is 29.0 Å². The van der Waals surface area contributed by atoms with Crippen molar-refractivity contribution in [3.63, 3.8) is 0 Å². The van der Waals surface area contributed by atoms with Gasteiger partial charge in [-0.25, -0.2) is 0 Å². The molecule has 1 rings (SSSR count). The van der Waals surface area contributed by atoms with Crippen LogP contribution in [0, 0.1) is 6.92 Å². The second-order valence-electron chi connectivity index (χ2n) is 5.10. The van der Waals surface area contributed by atoms with Crippen LogP contribution in [-0.2, 0) is 11.3 Å². The quantitative estimate of drug-likeness (QED) is 0.229. The van der Waals surface area contributed by atoms with Crippen molar-refractivity contribution in [2.45, 2.75) is 26.7 Å². The molecule has 0 saturated heterocycles. The Morgan fingerprint density at radius 1 is 1.04 bits per heavy atom. The maximum atomic E-state index is 5.89. The molecule has 4 nitrogen and oxygen atoms in total. The van der Waals surface area contributed by atoms with Crippen LogP contribution in [0.2, 0.25) is 0 Å². The first-order valence-corrected chi connectivity index (χ1v) is 9.50. The monoisotopic (exact) mass is 439 g/mol. The number of nitrogens with zero attached hydrogens (tertiary/aromatic N) is 1. The molecule has 0 heterocycles. The fourth-order valence-corrected chi connectivity index (χ4v) is 2.28. The molecule has 1 aromatic carbocycles. The normalized spacial score (nSPS) is 10.5. The molecule has 0 radical (unpaired) electrons. The number of benzene rings is 1. The van der Waals surface area contributed by atoms with Crippen LogP contribution in [0.1, 0.15) is 24.5 Å². The first-order chi connectivity index (χ1) is 12.4. The lowest BCUT2D eigenvalue weighted by atomic mass is 10.1. The smallest absolute Gasteiger partial charge is 0.138 e. The Bertz CT molecular complexity index is 652. The minimum absolute atomic E-state index is 0.153. The van der Waals surface area contributed by atoms with Crippen LogP contribution in [0.25, 0.3) is 0 Å². The summed E-state index contributed by atoms with van der Waals surface area (Å²) < 4.78 is 11.9. The van der Waals surface area contributed by atoms with E-state index in [-0.39, 0.29) is 15.6 Å². The van der Waals surface area contributed by atoms with Gasteiger partial charge in [-0.3, -0.25) is 0 Å². The van der Waals surface area contributed by atoms with Gasteiger partial charge in [0.15, 0.2) is 0 Å². The zero-order valence-corrected chi connectivity index (χ0v) is 17.6. The highest BCUT2D eigenvalue weighted by molar-refractivity contribution is 6.56. The lowest BCUT2D eigenvalue weighted by Crippen LogP contribution is -2.04. The highest BCUT2D eigenvalue weighted by Gasteiger charge is 2.09. The van der Waals surface area contributed by atoms with E-state index < -0.39 is 0 Å². The molecule has 8 heteroatoms. The van der Waals surface area contributed by atoms with Crippen LogP contribution in [-0.4, -0.2) is 26.0 Å². The molecule has 0 atom stereocenters. The molecular formula is C18H21Cl4NO3. The first-order valence-electron chi connectivity index (χ1n) is 7.99. The van der Waals surface area contributed by atoms with Gasteiger partial charge in [-0.1, -0.05) is 58.5 Å². The number of oxime groups is 1. The van der Waals surface area contributed by atoms with Gasteiger partial charge in [0.1, 0.15) is 33.7 Å². The Labute approximate surface area is 174 Å². The summed E-state index contributed by atoms with van der Waals surface area (Å²) in [7, 11) is 0. The lowest BCUT2D eigenvalue weighted by molar-refractivity contribution is 0.175. The fourth-order valence-electron chi connectivity index (χ4n) is 2.03. The van der Waals surface area contributed by atoms with E-state index in [0.29, 0.717) is 19.6 Å². The summed E-state index contributed by atoms with van der Waals surface area (Å²) in [6.07, 6.45) is 6.16. The van der Waals surface area contributed by atoms with Crippen molar-refractivity contribution in [1.82, 2.24) is 0 Å². The highest BCUT2D eigenvalue weighted by Crippen LogP contribution is 2.30. The Morgan fingerprint density at radius 3 is 2.38 bits per heavy atom. The Balaban J connectivity index is 2.54. The lowest BCUT2D eigenvalue weighted by Gasteiger charge is -2.15. The van der Waals surface area contributed by atoms with Gasteiger partial charge in [-0.15, -0.1) is 0 Å². The maximum Gasteiger partial charge on any atom is 0.138 e. The van der Waals surface area contributed by atoms with Crippen LogP contribution in [0.15, 0.2) is 38.4 Å². The van der Waals surface area contributed by atoms with Gasteiger partial charge in [0.2, 0.25) is 0 Å². The van der Waals surface area contributed by atoms with Crippen molar-refractivity contribution >= 4 is 52.6 Å². The van der Waals surface area contributed by atoms with Gasteiger partial charge in [0.25, 0.3) is 0 Å². The minimum atomic E-state index is 0.153. The van der Waals surface area contributed by atoms with E-state index in [4.69, 9.17) is 60.7 Å². The molecule has 0 fully saturated rings. The molecule has 0 aliphatic heterocycles.